The third kappa shape index (κ3) is 1.24. The van der Waals surface area contributed by atoms with Crippen LogP contribution in [-0.4, -0.2) is 0 Å². The Labute approximate surface area is 72.4 Å². The first-order chi connectivity index (χ1) is 5.59. The number of rotatable bonds is 1. The Morgan fingerprint density at radius 3 is 2.17 bits per heavy atom. The van der Waals surface area contributed by atoms with Gasteiger partial charge in [0.2, 0.25) is 0 Å². The average molecular weight is 164 g/mol. The summed E-state index contributed by atoms with van der Waals surface area (Å²) < 4.78 is 12.6. The van der Waals surface area contributed by atoms with Gasteiger partial charge in [-0.25, -0.2) is 4.39 Å². The molecule has 0 spiro atoms. The maximum Gasteiger partial charge on any atom is 0.123 e. The van der Waals surface area contributed by atoms with Crippen molar-refractivity contribution in [2.75, 3.05) is 0 Å². The Hall–Kier alpha value is -0.850. The number of halogens is 1. The molecule has 1 heteroatoms. The first kappa shape index (κ1) is 7.78. The number of hydrogen-bond donors (Lipinski definition) is 0. The molecule has 1 atom stereocenters. The fraction of sp³-hybridized carbons (Fsp3) is 0.455. The normalized spacial score (nSPS) is 25.4. The van der Waals surface area contributed by atoms with E-state index in [9.17, 15) is 4.39 Å². The van der Waals surface area contributed by atoms with Crippen molar-refractivity contribution in [1.82, 2.24) is 0 Å². The summed E-state index contributed by atoms with van der Waals surface area (Å²) in [4.78, 5) is 0. The number of benzene rings is 1. The quantitative estimate of drug-likeness (QED) is 0.597. The molecular formula is C11H13F. The minimum atomic E-state index is -0.141. The summed E-state index contributed by atoms with van der Waals surface area (Å²) >= 11 is 0. The van der Waals surface area contributed by atoms with Crippen LogP contribution in [0.1, 0.15) is 31.7 Å². The molecule has 64 valence electrons. The van der Waals surface area contributed by atoms with Crippen molar-refractivity contribution >= 4 is 0 Å². The zero-order valence-electron chi connectivity index (χ0n) is 7.47. The highest BCUT2D eigenvalue weighted by Gasteiger charge is 2.46. The average Bonchev–Trinajstić information content (AvgIpc) is 2.61. The third-order valence-corrected chi connectivity index (χ3v) is 2.79. The largest absolute Gasteiger partial charge is 0.207 e. The Bertz CT molecular complexity index is 284. The van der Waals surface area contributed by atoms with Gasteiger partial charge in [-0.15, -0.1) is 0 Å². The first-order valence-corrected chi connectivity index (χ1v) is 4.35. The topological polar surface area (TPSA) is 0 Å². The second kappa shape index (κ2) is 2.32. The van der Waals surface area contributed by atoms with E-state index in [2.05, 4.69) is 13.8 Å². The minimum Gasteiger partial charge on any atom is -0.207 e. The van der Waals surface area contributed by atoms with Crippen molar-refractivity contribution in [2.45, 2.75) is 26.2 Å². The Morgan fingerprint density at radius 1 is 1.25 bits per heavy atom. The molecule has 0 aromatic heterocycles. The van der Waals surface area contributed by atoms with Crippen molar-refractivity contribution in [3.63, 3.8) is 0 Å². The second-order valence-corrected chi connectivity index (χ2v) is 4.30. The zero-order chi connectivity index (χ0) is 8.77. The summed E-state index contributed by atoms with van der Waals surface area (Å²) in [5.74, 6) is 0.510. The summed E-state index contributed by atoms with van der Waals surface area (Å²) in [6.07, 6.45) is 1.23. The third-order valence-electron chi connectivity index (χ3n) is 2.79. The molecule has 1 fully saturated rings. The molecule has 0 radical (unpaired) electrons. The van der Waals surface area contributed by atoms with Gasteiger partial charge in [0.05, 0.1) is 0 Å². The molecule has 0 heterocycles. The monoisotopic (exact) mass is 164 g/mol. The van der Waals surface area contributed by atoms with Crippen molar-refractivity contribution in [1.29, 1.82) is 0 Å². The molecule has 0 saturated heterocycles. The van der Waals surface area contributed by atoms with E-state index >= 15 is 0 Å². The molecule has 0 bridgehead atoms. The Balaban J connectivity index is 2.21. The van der Waals surface area contributed by atoms with Gasteiger partial charge in [0.25, 0.3) is 0 Å². The van der Waals surface area contributed by atoms with Gasteiger partial charge in [-0.1, -0.05) is 26.0 Å². The van der Waals surface area contributed by atoms with Crippen LogP contribution in [-0.2, 0) is 0 Å². The summed E-state index contributed by atoms with van der Waals surface area (Å²) in [6.45, 7) is 4.50. The standard InChI is InChI=1S/C11H13F/c1-11(2)7-10(11)8-3-5-9(12)6-4-8/h3-6,10H,7H2,1-2H3. The molecule has 1 aliphatic carbocycles. The molecule has 12 heavy (non-hydrogen) atoms. The lowest BCUT2D eigenvalue weighted by atomic mass is 10.0. The SMILES string of the molecule is CC1(C)CC1c1ccc(F)cc1. The summed E-state index contributed by atoms with van der Waals surface area (Å²) in [5.41, 5.74) is 1.72. The van der Waals surface area contributed by atoms with Crippen LogP contribution < -0.4 is 0 Å². The van der Waals surface area contributed by atoms with Crippen LogP contribution in [0.2, 0.25) is 0 Å². The molecule has 1 aromatic rings. The Morgan fingerprint density at radius 2 is 1.75 bits per heavy atom. The molecule has 1 unspecified atom stereocenters. The van der Waals surface area contributed by atoms with Crippen LogP contribution >= 0.6 is 0 Å². The molecule has 0 aliphatic heterocycles. The molecule has 0 N–H and O–H groups in total. The van der Waals surface area contributed by atoms with E-state index in [-0.39, 0.29) is 5.82 Å². The molecule has 0 amide bonds. The summed E-state index contributed by atoms with van der Waals surface area (Å²) in [7, 11) is 0. The van der Waals surface area contributed by atoms with Crippen molar-refractivity contribution < 1.29 is 4.39 Å². The van der Waals surface area contributed by atoms with Crippen LogP contribution in [0.15, 0.2) is 24.3 Å². The zero-order valence-corrected chi connectivity index (χ0v) is 7.47. The second-order valence-electron chi connectivity index (χ2n) is 4.30. The van der Waals surface area contributed by atoms with Gasteiger partial charge in [-0.05, 0) is 35.4 Å². The summed E-state index contributed by atoms with van der Waals surface area (Å²) in [5, 5.41) is 0. The van der Waals surface area contributed by atoms with Gasteiger partial charge in [-0.2, -0.15) is 0 Å². The predicted molar refractivity (Wildman–Crippen MR) is 47.5 cm³/mol. The van der Waals surface area contributed by atoms with Crippen LogP contribution in [0.25, 0.3) is 0 Å². The highest BCUT2D eigenvalue weighted by molar-refractivity contribution is 5.28. The predicted octanol–water partition coefficient (Wildman–Crippen LogP) is 3.34. The Kier molecular flexibility index (Phi) is 1.50. The first-order valence-electron chi connectivity index (χ1n) is 4.35. The van der Waals surface area contributed by atoms with Gasteiger partial charge < -0.3 is 0 Å². The maximum atomic E-state index is 12.6. The molecule has 1 aromatic carbocycles. The van der Waals surface area contributed by atoms with Crippen molar-refractivity contribution in [3.05, 3.63) is 35.6 Å². The van der Waals surface area contributed by atoms with Gasteiger partial charge in [0, 0.05) is 0 Å². The lowest BCUT2D eigenvalue weighted by Crippen LogP contribution is -1.89. The molecule has 1 aliphatic rings. The van der Waals surface area contributed by atoms with E-state index in [4.69, 9.17) is 0 Å². The molecule has 2 rings (SSSR count). The smallest absolute Gasteiger partial charge is 0.123 e. The van der Waals surface area contributed by atoms with E-state index in [0.717, 1.165) is 0 Å². The fourth-order valence-electron chi connectivity index (χ4n) is 1.73. The van der Waals surface area contributed by atoms with E-state index in [1.807, 2.05) is 12.1 Å². The van der Waals surface area contributed by atoms with E-state index in [0.29, 0.717) is 11.3 Å². The number of hydrogen-bond acceptors (Lipinski definition) is 0. The lowest BCUT2D eigenvalue weighted by Gasteiger charge is -2.02. The van der Waals surface area contributed by atoms with Gasteiger partial charge in [-0.3, -0.25) is 0 Å². The minimum absolute atomic E-state index is 0.141. The van der Waals surface area contributed by atoms with Crippen molar-refractivity contribution in [2.24, 2.45) is 5.41 Å². The van der Waals surface area contributed by atoms with Crippen LogP contribution in [0.4, 0.5) is 4.39 Å². The van der Waals surface area contributed by atoms with E-state index in [1.165, 1.54) is 12.0 Å². The van der Waals surface area contributed by atoms with Crippen LogP contribution in [0, 0.1) is 11.2 Å². The van der Waals surface area contributed by atoms with Crippen LogP contribution in [0.5, 0.6) is 0 Å². The van der Waals surface area contributed by atoms with E-state index < -0.39 is 0 Å². The van der Waals surface area contributed by atoms with Crippen molar-refractivity contribution in [3.8, 4) is 0 Å². The van der Waals surface area contributed by atoms with Crippen LogP contribution in [0.3, 0.4) is 0 Å². The van der Waals surface area contributed by atoms with Gasteiger partial charge >= 0.3 is 0 Å². The summed E-state index contributed by atoms with van der Waals surface area (Å²) in [6, 6.07) is 6.89. The molecular weight excluding hydrogens is 151 g/mol. The molecule has 1 saturated carbocycles. The lowest BCUT2D eigenvalue weighted by molar-refractivity contribution is 0.614. The maximum absolute atomic E-state index is 12.6. The van der Waals surface area contributed by atoms with Gasteiger partial charge in [0.15, 0.2) is 0 Å². The molecule has 0 nitrogen and oxygen atoms in total. The highest BCUT2D eigenvalue weighted by Crippen LogP contribution is 2.58. The van der Waals surface area contributed by atoms with E-state index in [1.54, 1.807) is 12.1 Å². The highest BCUT2D eigenvalue weighted by atomic mass is 19.1. The van der Waals surface area contributed by atoms with Gasteiger partial charge in [0.1, 0.15) is 5.82 Å². The fourth-order valence-corrected chi connectivity index (χ4v) is 1.73.